The molecule has 4 heteroatoms. The second kappa shape index (κ2) is 4.77. The molecule has 0 aliphatic rings. The number of hydrogen-bond acceptors (Lipinski definition) is 3. The number of rotatable bonds is 4. The van der Waals surface area contributed by atoms with E-state index in [1.54, 1.807) is 12.1 Å². The minimum atomic E-state index is -0.393. The zero-order valence-corrected chi connectivity index (χ0v) is 9.23. The molecule has 0 heterocycles. The van der Waals surface area contributed by atoms with Gasteiger partial charge < -0.3 is 5.32 Å². The summed E-state index contributed by atoms with van der Waals surface area (Å²) < 4.78 is 0. The monoisotopic (exact) mass is 208 g/mol. The predicted molar refractivity (Wildman–Crippen MR) is 61.0 cm³/mol. The van der Waals surface area contributed by atoms with Gasteiger partial charge in [-0.1, -0.05) is 13.8 Å². The summed E-state index contributed by atoms with van der Waals surface area (Å²) >= 11 is 0. The Morgan fingerprint density at radius 3 is 2.13 bits per heavy atom. The molecule has 1 rings (SSSR count). The van der Waals surface area contributed by atoms with Gasteiger partial charge in [-0.3, -0.25) is 10.1 Å². The van der Waals surface area contributed by atoms with Gasteiger partial charge in [-0.05, 0) is 25.0 Å². The quantitative estimate of drug-likeness (QED) is 0.611. The highest BCUT2D eigenvalue weighted by molar-refractivity contribution is 5.49. The fourth-order valence-corrected chi connectivity index (χ4v) is 1.11. The van der Waals surface area contributed by atoms with Crippen LogP contribution in [-0.2, 0) is 0 Å². The van der Waals surface area contributed by atoms with E-state index < -0.39 is 4.92 Å². The third-order valence-corrected chi connectivity index (χ3v) is 2.47. The van der Waals surface area contributed by atoms with Crippen LogP contribution in [0.15, 0.2) is 24.3 Å². The molecule has 0 saturated heterocycles. The smallest absolute Gasteiger partial charge is 0.269 e. The van der Waals surface area contributed by atoms with Crippen molar-refractivity contribution in [2.24, 2.45) is 5.92 Å². The van der Waals surface area contributed by atoms with Crippen LogP contribution < -0.4 is 5.32 Å². The van der Waals surface area contributed by atoms with Crippen molar-refractivity contribution < 1.29 is 4.92 Å². The van der Waals surface area contributed by atoms with Gasteiger partial charge in [0.25, 0.3) is 5.69 Å². The summed E-state index contributed by atoms with van der Waals surface area (Å²) in [5.41, 5.74) is 1.04. The Morgan fingerprint density at radius 2 is 1.73 bits per heavy atom. The van der Waals surface area contributed by atoms with Gasteiger partial charge >= 0.3 is 0 Å². The van der Waals surface area contributed by atoms with E-state index in [-0.39, 0.29) is 5.69 Å². The average Bonchev–Trinajstić information content (AvgIpc) is 2.18. The van der Waals surface area contributed by atoms with Crippen molar-refractivity contribution in [1.82, 2.24) is 0 Å². The number of anilines is 1. The highest BCUT2D eigenvalue weighted by Gasteiger charge is 2.08. The Hall–Kier alpha value is -1.58. The predicted octanol–water partition coefficient (Wildman–Crippen LogP) is 3.05. The lowest BCUT2D eigenvalue weighted by molar-refractivity contribution is -0.384. The zero-order chi connectivity index (χ0) is 11.4. The molecule has 1 aromatic carbocycles. The Morgan fingerprint density at radius 1 is 1.20 bits per heavy atom. The molecule has 0 spiro atoms. The summed E-state index contributed by atoms with van der Waals surface area (Å²) in [5, 5.41) is 13.7. The Bertz CT molecular complexity index is 333. The van der Waals surface area contributed by atoms with Crippen LogP contribution in [0.5, 0.6) is 0 Å². The SMILES string of the molecule is CC(C)[C@H](C)Nc1ccc([N+](=O)[O-])cc1. The van der Waals surface area contributed by atoms with Crippen LogP contribution in [0.3, 0.4) is 0 Å². The van der Waals surface area contributed by atoms with Crippen LogP contribution in [-0.4, -0.2) is 11.0 Å². The second-order valence-corrected chi connectivity index (χ2v) is 3.98. The molecule has 0 aliphatic heterocycles. The standard InChI is InChI=1S/C11H16N2O2/c1-8(2)9(3)12-10-4-6-11(7-5-10)13(14)15/h4-9,12H,1-3H3/t9-/m0/s1. The van der Waals surface area contributed by atoms with E-state index in [9.17, 15) is 10.1 Å². The molecule has 0 aromatic heterocycles. The van der Waals surface area contributed by atoms with Crippen molar-refractivity contribution in [2.75, 3.05) is 5.32 Å². The molecule has 82 valence electrons. The van der Waals surface area contributed by atoms with Crippen LogP contribution in [0.4, 0.5) is 11.4 Å². The molecule has 1 aromatic rings. The van der Waals surface area contributed by atoms with E-state index >= 15 is 0 Å². The van der Waals surface area contributed by atoms with Gasteiger partial charge in [-0.2, -0.15) is 0 Å². The molecule has 0 fully saturated rings. The van der Waals surface area contributed by atoms with Gasteiger partial charge in [0.05, 0.1) is 4.92 Å². The van der Waals surface area contributed by atoms with Crippen molar-refractivity contribution in [1.29, 1.82) is 0 Å². The van der Waals surface area contributed by atoms with Crippen molar-refractivity contribution in [3.63, 3.8) is 0 Å². The molecule has 1 atom stereocenters. The molecule has 4 nitrogen and oxygen atoms in total. The maximum absolute atomic E-state index is 10.4. The lowest BCUT2D eigenvalue weighted by Gasteiger charge is -2.18. The summed E-state index contributed by atoms with van der Waals surface area (Å²) in [5.74, 6) is 0.528. The fraction of sp³-hybridized carbons (Fsp3) is 0.455. The summed E-state index contributed by atoms with van der Waals surface area (Å²) in [7, 11) is 0. The number of hydrogen-bond donors (Lipinski definition) is 1. The molecular weight excluding hydrogens is 192 g/mol. The van der Waals surface area contributed by atoms with Gasteiger partial charge in [-0.15, -0.1) is 0 Å². The first-order chi connectivity index (χ1) is 7.00. The molecule has 0 bridgehead atoms. The zero-order valence-electron chi connectivity index (χ0n) is 9.23. The number of non-ortho nitro benzene ring substituents is 1. The number of nitro groups is 1. The minimum Gasteiger partial charge on any atom is -0.382 e. The van der Waals surface area contributed by atoms with Gasteiger partial charge in [0.15, 0.2) is 0 Å². The first-order valence-corrected chi connectivity index (χ1v) is 5.01. The largest absolute Gasteiger partial charge is 0.382 e. The number of nitro benzene ring substituents is 1. The van der Waals surface area contributed by atoms with Crippen LogP contribution in [0, 0.1) is 16.0 Å². The van der Waals surface area contributed by atoms with Crippen LogP contribution in [0.2, 0.25) is 0 Å². The topological polar surface area (TPSA) is 55.2 Å². The Kier molecular flexibility index (Phi) is 3.66. The lowest BCUT2D eigenvalue weighted by Crippen LogP contribution is -2.21. The first kappa shape index (κ1) is 11.5. The Balaban J connectivity index is 2.68. The van der Waals surface area contributed by atoms with Gasteiger partial charge in [-0.25, -0.2) is 0 Å². The van der Waals surface area contributed by atoms with Gasteiger partial charge in [0.2, 0.25) is 0 Å². The van der Waals surface area contributed by atoms with E-state index in [4.69, 9.17) is 0 Å². The highest BCUT2D eigenvalue weighted by Crippen LogP contribution is 2.17. The molecule has 15 heavy (non-hydrogen) atoms. The summed E-state index contributed by atoms with van der Waals surface area (Å²) in [6.45, 7) is 6.35. The van der Waals surface area contributed by atoms with Crippen LogP contribution >= 0.6 is 0 Å². The highest BCUT2D eigenvalue weighted by atomic mass is 16.6. The van der Waals surface area contributed by atoms with Crippen molar-refractivity contribution in [3.8, 4) is 0 Å². The lowest BCUT2D eigenvalue weighted by atomic mass is 10.1. The first-order valence-electron chi connectivity index (χ1n) is 5.01. The minimum absolute atomic E-state index is 0.123. The van der Waals surface area contributed by atoms with E-state index in [0.717, 1.165) is 5.69 Å². The molecule has 0 aliphatic carbocycles. The Labute approximate surface area is 89.5 Å². The van der Waals surface area contributed by atoms with Crippen molar-refractivity contribution in [2.45, 2.75) is 26.8 Å². The van der Waals surface area contributed by atoms with E-state index in [1.807, 2.05) is 0 Å². The summed E-state index contributed by atoms with van der Waals surface area (Å²) in [4.78, 5) is 10.0. The maximum Gasteiger partial charge on any atom is 0.269 e. The van der Waals surface area contributed by atoms with Gasteiger partial charge in [0.1, 0.15) is 0 Å². The molecule has 0 saturated carbocycles. The molecule has 0 amide bonds. The van der Waals surface area contributed by atoms with E-state index in [2.05, 4.69) is 26.1 Å². The third-order valence-electron chi connectivity index (χ3n) is 2.47. The molecule has 0 unspecified atom stereocenters. The van der Waals surface area contributed by atoms with E-state index in [0.29, 0.717) is 12.0 Å². The molecule has 1 N–H and O–H groups in total. The maximum atomic E-state index is 10.4. The number of benzene rings is 1. The van der Waals surface area contributed by atoms with Crippen molar-refractivity contribution in [3.05, 3.63) is 34.4 Å². The van der Waals surface area contributed by atoms with Gasteiger partial charge in [0, 0.05) is 23.9 Å². The number of nitrogens with one attached hydrogen (secondary N) is 1. The summed E-state index contributed by atoms with van der Waals surface area (Å²) in [6, 6.07) is 6.84. The normalized spacial score (nSPS) is 12.5. The van der Waals surface area contributed by atoms with Crippen LogP contribution in [0.25, 0.3) is 0 Å². The second-order valence-electron chi connectivity index (χ2n) is 3.98. The number of nitrogens with zero attached hydrogens (tertiary/aromatic N) is 1. The third kappa shape index (κ3) is 3.23. The van der Waals surface area contributed by atoms with Crippen molar-refractivity contribution >= 4 is 11.4 Å². The molecular formula is C11H16N2O2. The average molecular weight is 208 g/mol. The van der Waals surface area contributed by atoms with E-state index in [1.165, 1.54) is 12.1 Å². The van der Waals surface area contributed by atoms with Crippen LogP contribution in [0.1, 0.15) is 20.8 Å². The fourth-order valence-electron chi connectivity index (χ4n) is 1.11. The molecule has 0 radical (unpaired) electrons. The summed E-state index contributed by atoms with van der Waals surface area (Å²) in [6.07, 6.45) is 0.